The third kappa shape index (κ3) is 2.85. The minimum atomic E-state index is -0.0647. The molecule has 0 aliphatic heterocycles. The summed E-state index contributed by atoms with van der Waals surface area (Å²) in [6, 6.07) is 1.40. The Bertz CT molecular complexity index is 260. The van der Waals surface area contributed by atoms with Crippen molar-refractivity contribution in [2.75, 3.05) is 7.05 Å². The van der Waals surface area contributed by atoms with Gasteiger partial charge < -0.3 is 10.0 Å². The van der Waals surface area contributed by atoms with Gasteiger partial charge in [-0.3, -0.25) is 0 Å². The van der Waals surface area contributed by atoms with Crippen LogP contribution < -0.4 is 0 Å². The van der Waals surface area contributed by atoms with Gasteiger partial charge in [-0.15, -0.1) is 0 Å². The molecule has 0 aromatic heterocycles. The second kappa shape index (κ2) is 4.89. The van der Waals surface area contributed by atoms with Gasteiger partial charge in [0.2, 0.25) is 0 Å². The topological polar surface area (TPSA) is 23.5 Å². The van der Waals surface area contributed by atoms with Crippen molar-refractivity contribution in [2.45, 2.75) is 77.5 Å². The number of hydrogen-bond acceptors (Lipinski definition) is 2. The third-order valence-corrected chi connectivity index (χ3v) is 5.35. The van der Waals surface area contributed by atoms with E-state index < -0.39 is 0 Å². The van der Waals surface area contributed by atoms with Crippen LogP contribution in [0.1, 0.15) is 59.3 Å². The Hall–Kier alpha value is -0.0800. The zero-order valence-corrected chi connectivity index (χ0v) is 11.9. The Balaban J connectivity index is 2.10. The van der Waals surface area contributed by atoms with E-state index in [9.17, 15) is 5.11 Å². The van der Waals surface area contributed by atoms with Crippen LogP contribution in [0, 0.1) is 11.3 Å². The van der Waals surface area contributed by atoms with Crippen molar-refractivity contribution in [3.05, 3.63) is 0 Å². The Morgan fingerprint density at radius 1 is 1.18 bits per heavy atom. The fourth-order valence-electron chi connectivity index (χ4n) is 3.50. The minimum absolute atomic E-state index is 0.0647. The summed E-state index contributed by atoms with van der Waals surface area (Å²) in [6.07, 6.45) is 7.09. The van der Waals surface area contributed by atoms with E-state index in [1.807, 2.05) is 0 Å². The summed E-state index contributed by atoms with van der Waals surface area (Å²) >= 11 is 0. The van der Waals surface area contributed by atoms with Crippen LogP contribution in [0.25, 0.3) is 0 Å². The highest BCUT2D eigenvalue weighted by Crippen LogP contribution is 2.44. The number of nitrogens with zero attached hydrogens (tertiary/aromatic N) is 1. The molecule has 17 heavy (non-hydrogen) atoms. The first-order valence-corrected chi connectivity index (χ1v) is 7.35. The maximum atomic E-state index is 9.96. The van der Waals surface area contributed by atoms with Crippen LogP contribution in [-0.4, -0.2) is 35.2 Å². The van der Waals surface area contributed by atoms with Crippen LogP contribution in [0.3, 0.4) is 0 Å². The van der Waals surface area contributed by atoms with E-state index in [4.69, 9.17) is 0 Å². The average Bonchev–Trinajstić information content (AvgIpc) is 3.11. The second-order valence-electron chi connectivity index (χ2n) is 6.88. The predicted octanol–water partition coefficient (Wildman–Crippen LogP) is 3.05. The highest BCUT2D eigenvalue weighted by Gasteiger charge is 2.43. The lowest BCUT2D eigenvalue weighted by molar-refractivity contribution is -0.0119. The lowest BCUT2D eigenvalue weighted by Crippen LogP contribution is -2.49. The van der Waals surface area contributed by atoms with E-state index in [-0.39, 0.29) is 6.10 Å². The molecule has 2 nitrogen and oxygen atoms in total. The molecule has 0 aromatic rings. The highest BCUT2D eigenvalue weighted by atomic mass is 16.3. The van der Waals surface area contributed by atoms with E-state index in [0.29, 0.717) is 11.5 Å². The first-order valence-electron chi connectivity index (χ1n) is 7.35. The lowest BCUT2D eigenvalue weighted by Gasteiger charge is -2.47. The van der Waals surface area contributed by atoms with Crippen molar-refractivity contribution in [3.63, 3.8) is 0 Å². The maximum Gasteiger partial charge on any atom is 0.0555 e. The predicted molar refractivity (Wildman–Crippen MR) is 72.0 cm³/mol. The lowest BCUT2D eigenvalue weighted by atomic mass is 9.66. The molecule has 1 N–H and O–H groups in total. The Kier molecular flexibility index (Phi) is 3.84. The van der Waals surface area contributed by atoms with Crippen molar-refractivity contribution in [1.29, 1.82) is 0 Å². The normalized spacial score (nSPS) is 35.3. The standard InChI is InChI=1S/C15H29NO/c1-5-15(2,3)13-9-8-12(17)10-14(13)16(4)11-6-7-11/h11-14,17H,5-10H2,1-4H3. The van der Waals surface area contributed by atoms with Gasteiger partial charge in [0.15, 0.2) is 0 Å². The molecule has 0 radical (unpaired) electrons. The van der Waals surface area contributed by atoms with E-state index in [1.54, 1.807) is 0 Å². The van der Waals surface area contributed by atoms with Crippen molar-refractivity contribution < 1.29 is 5.11 Å². The summed E-state index contributed by atoms with van der Waals surface area (Å²) in [5.41, 5.74) is 0.411. The summed E-state index contributed by atoms with van der Waals surface area (Å²) in [4.78, 5) is 2.57. The van der Waals surface area contributed by atoms with E-state index in [2.05, 4.69) is 32.7 Å². The number of aliphatic hydroxyl groups is 1. The van der Waals surface area contributed by atoms with Crippen LogP contribution in [0.4, 0.5) is 0 Å². The fourth-order valence-corrected chi connectivity index (χ4v) is 3.50. The summed E-state index contributed by atoms with van der Waals surface area (Å²) in [7, 11) is 2.28. The van der Waals surface area contributed by atoms with E-state index in [0.717, 1.165) is 24.8 Å². The summed E-state index contributed by atoms with van der Waals surface area (Å²) in [6.45, 7) is 7.12. The molecular formula is C15H29NO. The van der Waals surface area contributed by atoms with Crippen molar-refractivity contribution in [2.24, 2.45) is 11.3 Å². The Labute approximate surface area is 106 Å². The molecule has 0 heterocycles. The Morgan fingerprint density at radius 3 is 2.35 bits per heavy atom. The van der Waals surface area contributed by atoms with Crippen molar-refractivity contribution in [1.82, 2.24) is 4.90 Å². The first kappa shape index (κ1) is 13.4. The van der Waals surface area contributed by atoms with Crippen LogP contribution >= 0.6 is 0 Å². The zero-order valence-electron chi connectivity index (χ0n) is 11.9. The largest absolute Gasteiger partial charge is 0.393 e. The quantitative estimate of drug-likeness (QED) is 0.815. The fraction of sp³-hybridized carbons (Fsp3) is 1.00. The molecule has 2 saturated carbocycles. The van der Waals surface area contributed by atoms with Gasteiger partial charge in [-0.1, -0.05) is 27.2 Å². The van der Waals surface area contributed by atoms with Crippen LogP contribution in [-0.2, 0) is 0 Å². The maximum absolute atomic E-state index is 9.96. The molecule has 2 aliphatic rings. The average molecular weight is 239 g/mol. The number of rotatable bonds is 4. The van der Waals surface area contributed by atoms with Crippen LogP contribution in [0.15, 0.2) is 0 Å². The van der Waals surface area contributed by atoms with Gasteiger partial charge in [-0.25, -0.2) is 0 Å². The SMILES string of the molecule is CCC(C)(C)C1CCC(O)CC1N(C)C1CC1. The highest BCUT2D eigenvalue weighted by molar-refractivity contribution is 4.96. The zero-order chi connectivity index (χ0) is 12.6. The molecular weight excluding hydrogens is 210 g/mol. The number of hydrogen-bond donors (Lipinski definition) is 1. The molecule has 0 bridgehead atoms. The molecule has 3 unspecified atom stereocenters. The van der Waals surface area contributed by atoms with Gasteiger partial charge in [0.25, 0.3) is 0 Å². The molecule has 2 heteroatoms. The van der Waals surface area contributed by atoms with E-state index >= 15 is 0 Å². The van der Waals surface area contributed by atoms with Gasteiger partial charge in [-0.05, 0) is 50.5 Å². The third-order valence-electron chi connectivity index (χ3n) is 5.35. The van der Waals surface area contributed by atoms with Crippen molar-refractivity contribution in [3.8, 4) is 0 Å². The molecule has 2 rings (SSSR count). The van der Waals surface area contributed by atoms with Gasteiger partial charge in [0, 0.05) is 12.1 Å². The molecule has 0 aromatic carbocycles. The van der Waals surface area contributed by atoms with Gasteiger partial charge in [-0.2, -0.15) is 0 Å². The monoisotopic (exact) mass is 239 g/mol. The molecule has 0 spiro atoms. The van der Waals surface area contributed by atoms with Crippen molar-refractivity contribution >= 4 is 0 Å². The Morgan fingerprint density at radius 2 is 1.82 bits per heavy atom. The van der Waals surface area contributed by atoms with Crippen LogP contribution in [0.2, 0.25) is 0 Å². The summed E-state index contributed by atoms with van der Waals surface area (Å²) < 4.78 is 0. The van der Waals surface area contributed by atoms with E-state index in [1.165, 1.54) is 25.7 Å². The smallest absolute Gasteiger partial charge is 0.0555 e. The van der Waals surface area contributed by atoms with Gasteiger partial charge in [0.1, 0.15) is 0 Å². The molecule has 100 valence electrons. The molecule has 3 atom stereocenters. The summed E-state index contributed by atoms with van der Waals surface area (Å²) in [5.74, 6) is 0.751. The second-order valence-corrected chi connectivity index (χ2v) is 6.88. The minimum Gasteiger partial charge on any atom is -0.393 e. The van der Waals surface area contributed by atoms with Gasteiger partial charge in [0.05, 0.1) is 6.10 Å². The number of aliphatic hydroxyl groups excluding tert-OH is 1. The van der Waals surface area contributed by atoms with Gasteiger partial charge >= 0.3 is 0 Å². The summed E-state index contributed by atoms with van der Waals surface area (Å²) in [5, 5.41) is 9.96. The first-order chi connectivity index (χ1) is 7.95. The molecule has 2 aliphatic carbocycles. The molecule has 0 saturated heterocycles. The molecule has 2 fully saturated rings. The molecule has 0 amide bonds. The van der Waals surface area contributed by atoms with Crippen LogP contribution in [0.5, 0.6) is 0 Å².